The Kier molecular flexibility index (Phi) is 2.95. The second-order valence-electron chi connectivity index (χ2n) is 4.29. The van der Waals surface area contributed by atoms with Crippen molar-refractivity contribution in [1.29, 1.82) is 0 Å². The molecule has 2 aromatic carbocycles. The Morgan fingerprint density at radius 1 is 0.750 bits per heavy atom. The van der Waals surface area contributed by atoms with Crippen molar-refractivity contribution in [1.82, 2.24) is 0 Å². The molecular formula is C15H16O. The predicted molar refractivity (Wildman–Crippen MR) is 66.5 cm³/mol. The zero-order chi connectivity index (χ0) is 11.4. The first-order valence-electron chi connectivity index (χ1n) is 5.48. The van der Waals surface area contributed by atoms with E-state index in [1.807, 2.05) is 48.5 Å². The second-order valence-corrected chi connectivity index (χ2v) is 4.29. The van der Waals surface area contributed by atoms with Crippen LogP contribution in [0.4, 0.5) is 0 Å². The van der Waals surface area contributed by atoms with E-state index in [0.717, 1.165) is 5.75 Å². The van der Waals surface area contributed by atoms with Gasteiger partial charge in [0.25, 0.3) is 0 Å². The van der Waals surface area contributed by atoms with Crippen molar-refractivity contribution in [3.63, 3.8) is 0 Å². The molecular weight excluding hydrogens is 196 g/mol. The van der Waals surface area contributed by atoms with E-state index >= 15 is 0 Å². The monoisotopic (exact) mass is 212 g/mol. The second kappa shape index (κ2) is 4.40. The summed E-state index contributed by atoms with van der Waals surface area (Å²) < 4.78 is 5.99. The van der Waals surface area contributed by atoms with Gasteiger partial charge in [0.15, 0.2) is 0 Å². The molecule has 0 radical (unpaired) electrons. The molecule has 0 spiro atoms. The maximum Gasteiger partial charge on any atom is 0.128 e. The third kappa shape index (κ3) is 2.43. The lowest BCUT2D eigenvalue weighted by atomic mass is 9.98. The quantitative estimate of drug-likeness (QED) is 0.747. The zero-order valence-corrected chi connectivity index (χ0v) is 9.68. The summed E-state index contributed by atoms with van der Waals surface area (Å²) in [4.78, 5) is 0. The normalized spacial score (nSPS) is 11.1. The van der Waals surface area contributed by atoms with E-state index in [1.165, 1.54) is 5.56 Å². The Balaban J connectivity index is 2.21. The molecule has 0 bridgehead atoms. The third-order valence-corrected chi connectivity index (χ3v) is 2.59. The molecule has 0 heterocycles. The lowest BCUT2D eigenvalue weighted by Crippen LogP contribution is -2.25. The molecule has 0 aliphatic carbocycles. The summed E-state index contributed by atoms with van der Waals surface area (Å²) in [5, 5.41) is 0. The van der Waals surface area contributed by atoms with Crippen LogP contribution in [0.3, 0.4) is 0 Å². The number of ether oxygens (including phenoxy) is 1. The minimum Gasteiger partial charge on any atom is -0.483 e. The summed E-state index contributed by atoms with van der Waals surface area (Å²) in [5.41, 5.74) is 0.877. The molecule has 0 aliphatic rings. The molecule has 0 atom stereocenters. The van der Waals surface area contributed by atoms with Gasteiger partial charge >= 0.3 is 0 Å². The zero-order valence-electron chi connectivity index (χ0n) is 9.68. The van der Waals surface area contributed by atoms with Gasteiger partial charge in [0.2, 0.25) is 0 Å². The maximum absolute atomic E-state index is 5.99. The van der Waals surface area contributed by atoms with Crippen molar-refractivity contribution in [3.8, 4) is 5.75 Å². The SMILES string of the molecule is CC(C)(Oc1ccccc1)c1ccccc1. The fraction of sp³-hybridized carbons (Fsp3) is 0.200. The van der Waals surface area contributed by atoms with Gasteiger partial charge in [0.05, 0.1) is 0 Å². The van der Waals surface area contributed by atoms with Crippen LogP contribution in [0.1, 0.15) is 19.4 Å². The van der Waals surface area contributed by atoms with E-state index in [9.17, 15) is 0 Å². The van der Waals surface area contributed by atoms with Crippen LogP contribution in [-0.2, 0) is 5.60 Å². The minimum atomic E-state index is -0.303. The Labute approximate surface area is 96.7 Å². The van der Waals surface area contributed by atoms with Crippen molar-refractivity contribution in [2.45, 2.75) is 19.4 Å². The number of hydrogen-bond donors (Lipinski definition) is 0. The van der Waals surface area contributed by atoms with Crippen molar-refractivity contribution in [2.24, 2.45) is 0 Å². The molecule has 82 valence electrons. The van der Waals surface area contributed by atoms with E-state index in [4.69, 9.17) is 4.74 Å². The predicted octanol–water partition coefficient (Wildman–Crippen LogP) is 4.00. The molecule has 0 aromatic heterocycles. The van der Waals surface area contributed by atoms with Crippen molar-refractivity contribution < 1.29 is 4.74 Å². The Hall–Kier alpha value is -1.76. The summed E-state index contributed by atoms with van der Waals surface area (Å²) in [6, 6.07) is 20.2. The van der Waals surface area contributed by atoms with Crippen LogP contribution in [0.15, 0.2) is 60.7 Å². The van der Waals surface area contributed by atoms with Gasteiger partial charge in [-0.1, -0.05) is 48.5 Å². The first-order chi connectivity index (χ1) is 7.68. The van der Waals surface area contributed by atoms with Gasteiger partial charge in [0.1, 0.15) is 11.4 Å². The fourth-order valence-electron chi connectivity index (χ4n) is 1.68. The molecule has 0 fully saturated rings. The average molecular weight is 212 g/mol. The molecule has 1 heteroatoms. The highest BCUT2D eigenvalue weighted by molar-refractivity contribution is 5.26. The Morgan fingerprint density at radius 3 is 1.81 bits per heavy atom. The highest BCUT2D eigenvalue weighted by Gasteiger charge is 2.21. The summed E-state index contributed by atoms with van der Waals surface area (Å²) in [6.07, 6.45) is 0. The number of hydrogen-bond acceptors (Lipinski definition) is 1. The van der Waals surface area contributed by atoms with Crippen LogP contribution in [0.5, 0.6) is 5.75 Å². The number of para-hydroxylation sites is 1. The van der Waals surface area contributed by atoms with Crippen LogP contribution in [0, 0.1) is 0 Å². The van der Waals surface area contributed by atoms with E-state index in [1.54, 1.807) is 0 Å². The highest BCUT2D eigenvalue weighted by atomic mass is 16.5. The molecule has 2 aromatic rings. The van der Waals surface area contributed by atoms with Crippen LogP contribution in [0.25, 0.3) is 0 Å². The van der Waals surface area contributed by atoms with Crippen LogP contribution >= 0.6 is 0 Å². The largest absolute Gasteiger partial charge is 0.483 e. The topological polar surface area (TPSA) is 9.23 Å². The van der Waals surface area contributed by atoms with Gasteiger partial charge in [-0.15, -0.1) is 0 Å². The molecule has 0 saturated carbocycles. The van der Waals surface area contributed by atoms with Gasteiger partial charge < -0.3 is 4.74 Å². The first-order valence-corrected chi connectivity index (χ1v) is 5.48. The molecule has 2 rings (SSSR count). The minimum absolute atomic E-state index is 0.303. The lowest BCUT2D eigenvalue weighted by molar-refractivity contribution is 0.109. The summed E-state index contributed by atoms with van der Waals surface area (Å²) in [6.45, 7) is 4.16. The summed E-state index contributed by atoms with van der Waals surface area (Å²) in [5.74, 6) is 0.899. The van der Waals surface area contributed by atoms with Crippen LogP contribution < -0.4 is 4.74 Å². The Morgan fingerprint density at radius 2 is 1.25 bits per heavy atom. The Bertz CT molecular complexity index is 432. The van der Waals surface area contributed by atoms with Gasteiger partial charge in [-0.25, -0.2) is 0 Å². The van der Waals surface area contributed by atoms with Gasteiger partial charge in [-0.05, 0) is 31.5 Å². The molecule has 0 saturated heterocycles. The van der Waals surface area contributed by atoms with E-state index in [2.05, 4.69) is 26.0 Å². The van der Waals surface area contributed by atoms with E-state index < -0.39 is 0 Å². The highest BCUT2D eigenvalue weighted by Crippen LogP contribution is 2.26. The first kappa shape index (κ1) is 10.7. The van der Waals surface area contributed by atoms with Gasteiger partial charge in [-0.2, -0.15) is 0 Å². The van der Waals surface area contributed by atoms with Gasteiger partial charge in [-0.3, -0.25) is 0 Å². The maximum atomic E-state index is 5.99. The van der Waals surface area contributed by atoms with Crippen molar-refractivity contribution >= 4 is 0 Å². The van der Waals surface area contributed by atoms with Crippen LogP contribution in [-0.4, -0.2) is 0 Å². The fourth-order valence-corrected chi connectivity index (χ4v) is 1.68. The average Bonchev–Trinajstić information content (AvgIpc) is 2.31. The molecule has 0 amide bonds. The molecule has 0 N–H and O–H groups in total. The molecule has 0 aliphatic heterocycles. The van der Waals surface area contributed by atoms with Crippen molar-refractivity contribution in [3.05, 3.63) is 66.2 Å². The smallest absolute Gasteiger partial charge is 0.128 e. The number of benzene rings is 2. The summed E-state index contributed by atoms with van der Waals surface area (Å²) >= 11 is 0. The van der Waals surface area contributed by atoms with Gasteiger partial charge in [0, 0.05) is 0 Å². The third-order valence-electron chi connectivity index (χ3n) is 2.59. The van der Waals surface area contributed by atoms with Crippen LogP contribution in [0.2, 0.25) is 0 Å². The standard InChI is InChI=1S/C15H16O/c1-15(2,13-9-5-3-6-10-13)16-14-11-7-4-8-12-14/h3-12H,1-2H3. The van der Waals surface area contributed by atoms with E-state index in [0.29, 0.717) is 0 Å². The molecule has 16 heavy (non-hydrogen) atoms. The number of rotatable bonds is 3. The molecule has 0 unspecified atom stereocenters. The summed E-state index contributed by atoms with van der Waals surface area (Å²) in [7, 11) is 0. The van der Waals surface area contributed by atoms with Crippen molar-refractivity contribution in [2.75, 3.05) is 0 Å². The molecule has 1 nitrogen and oxygen atoms in total. The lowest BCUT2D eigenvalue weighted by Gasteiger charge is -2.27. The van der Waals surface area contributed by atoms with E-state index in [-0.39, 0.29) is 5.60 Å².